The minimum atomic E-state index is -3.85. The number of rotatable bonds is 3. The first-order valence-electron chi connectivity index (χ1n) is 7.64. The first-order valence-corrected chi connectivity index (χ1v) is 9.96. The van der Waals surface area contributed by atoms with Gasteiger partial charge in [-0.15, -0.1) is 11.3 Å². The standard InChI is InChI=1S/C13H11N3O4S2.C3H6O2/c1-16-10(13(18)15-9-4-2-3-6-14-9)11(17)12-8(5-7-21-12)22(16,19)20;1-2-3(4)5/h2-7,17H,1H3,(H,14,15,18);2H2,1H3,(H,4,5). The van der Waals surface area contributed by atoms with E-state index in [0.29, 0.717) is 0 Å². The third kappa shape index (κ3) is 4.26. The molecule has 0 unspecified atom stereocenters. The van der Waals surface area contributed by atoms with Gasteiger partial charge in [0.1, 0.15) is 10.7 Å². The van der Waals surface area contributed by atoms with Crippen LogP contribution in [0, 0.1) is 0 Å². The number of aliphatic hydroxyl groups is 1. The lowest BCUT2D eigenvalue weighted by Gasteiger charge is -2.26. The SMILES string of the molecule is CCC(=O)O.CN1C(C(=O)Nc2ccccn2)=C(O)c2sccc2S1(=O)=O. The average molecular weight is 411 g/mol. The van der Waals surface area contributed by atoms with Crippen molar-refractivity contribution in [2.45, 2.75) is 18.2 Å². The van der Waals surface area contributed by atoms with Crippen LogP contribution in [-0.4, -0.2) is 46.8 Å². The van der Waals surface area contributed by atoms with Crippen molar-refractivity contribution in [1.29, 1.82) is 0 Å². The molecule has 0 atom stereocenters. The molecule has 3 rings (SSSR count). The number of carbonyl (C=O) groups excluding carboxylic acids is 1. The number of carboxylic acids is 1. The molecule has 144 valence electrons. The normalized spacial score (nSPS) is 14.7. The molecule has 1 aliphatic heterocycles. The minimum Gasteiger partial charge on any atom is -0.504 e. The fourth-order valence-electron chi connectivity index (χ4n) is 2.06. The Morgan fingerprint density at radius 2 is 1.96 bits per heavy atom. The number of anilines is 1. The second-order valence-corrected chi connectivity index (χ2v) is 8.05. The van der Waals surface area contributed by atoms with E-state index in [0.717, 1.165) is 15.6 Å². The van der Waals surface area contributed by atoms with Crippen molar-refractivity contribution in [3.63, 3.8) is 0 Å². The number of fused-ring (bicyclic) bond motifs is 1. The summed E-state index contributed by atoms with van der Waals surface area (Å²) in [6.07, 6.45) is 1.71. The molecule has 2 aromatic heterocycles. The fourth-order valence-corrected chi connectivity index (χ4v) is 4.62. The Morgan fingerprint density at radius 1 is 1.30 bits per heavy atom. The molecule has 0 spiro atoms. The molecule has 0 saturated heterocycles. The highest BCUT2D eigenvalue weighted by Crippen LogP contribution is 2.38. The Labute approximate surface area is 159 Å². The van der Waals surface area contributed by atoms with Crippen LogP contribution in [0.15, 0.2) is 46.4 Å². The number of carboxylic acid groups (broad SMARTS) is 1. The molecular formula is C16H17N3O6S2. The van der Waals surface area contributed by atoms with Gasteiger partial charge in [-0.1, -0.05) is 13.0 Å². The predicted octanol–water partition coefficient (Wildman–Crippen LogP) is 2.12. The van der Waals surface area contributed by atoms with Gasteiger partial charge in [-0.3, -0.25) is 13.9 Å². The molecule has 0 saturated carbocycles. The van der Waals surface area contributed by atoms with Crippen molar-refractivity contribution >= 4 is 44.8 Å². The van der Waals surface area contributed by atoms with E-state index in [1.165, 1.54) is 19.3 Å². The van der Waals surface area contributed by atoms with Crippen LogP contribution < -0.4 is 5.32 Å². The Kier molecular flexibility index (Phi) is 6.18. The third-order valence-electron chi connectivity index (χ3n) is 3.45. The van der Waals surface area contributed by atoms with Crippen molar-refractivity contribution in [2.75, 3.05) is 12.4 Å². The number of nitrogens with zero attached hydrogens (tertiary/aromatic N) is 2. The summed E-state index contributed by atoms with van der Waals surface area (Å²) in [7, 11) is -2.63. The molecule has 3 N–H and O–H groups in total. The van der Waals surface area contributed by atoms with Crippen molar-refractivity contribution in [1.82, 2.24) is 9.29 Å². The molecule has 1 aliphatic rings. The molecule has 0 fully saturated rings. The maximum absolute atomic E-state index is 12.4. The summed E-state index contributed by atoms with van der Waals surface area (Å²) in [6.45, 7) is 1.60. The van der Waals surface area contributed by atoms with E-state index < -0.39 is 21.9 Å². The van der Waals surface area contributed by atoms with Crippen molar-refractivity contribution in [2.24, 2.45) is 0 Å². The lowest BCUT2D eigenvalue weighted by molar-refractivity contribution is -0.136. The van der Waals surface area contributed by atoms with Crippen LogP contribution in [0.2, 0.25) is 0 Å². The molecule has 3 heterocycles. The Hall–Kier alpha value is -2.92. The maximum Gasteiger partial charge on any atom is 0.303 e. The van der Waals surface area contributed by atoms with Crippen molar-refractivity contribution in [3.8, 4) is 0 Å². The first kappa shape index (κ1) is 20.4. The number of aliphatic hydroxyl groups excluding tert-OH is 1. The van der Waals surface area contributed by atoms with Gasteiger partial charge < -0.3 is 15.5 Å². The molecule has 9 nitrogen and oxygen atoms in total. The van der Waals surface area contributed by atoms with Crippen LogP contribution in [0.25, 0.3) is 5.76 Å². The van der Waals surface area contributed by atoms with E-state index in [1.807, 2.05) is 0 Å². The second kappa shape index (κ2) is 8.18. The number of aliphatic carboxylic acids is 1. The first-order chi connectivity index (χ1) is 12.7. The van der Waals surface area contributed by atoms with E-state index in [9.17, 15) is 23.1 Å². The molecule has 0 radical (unpaired) electrons. The number of thiophene rings is 1. The number of carbonyl (C=O) groups is 2. The van der Waals surface area contributed by atoms with E-state index in [2.05, 4.69) is 10.3 Å². The predicted molar refractivity (Wildman–Crippen MR) is 99.6 cm³/mol. The monoisotopic (exact) mass is 411 g/mol. The van der Waals surface area contributed by atoms with Crippen LogP contribution in [-0.2, 0) is 19.6 Å². The van der Waals surface area contributed by atoms with Gasteiger partial charge in [0.15, 0.2) is 11.5 Å². The maximum atomic E-state index is 12.4. The van der Waals surface area contributed by atoms with Gasteiger partial charge in [-0.2, -0.15) is 0 Å². The Balaban J connectivity index is 0.000000465. The molecule has 27 heavy (non-hydrogen) atoms. The topological polar surface area (TPSA) is 137 Å². The number of amides is 1. The molecule has 1 amide bonds. The number of sulfonamides is 1. The average Bonchev–Trinajstić information content (AvgIpc) is 3.13. The van der Waals surface area contributed by atoms with Crippen molar-refractivity contribution in [3.05, 3.63) is 46.4 Å². The van der Waals surface area contributed by atoms with Crippen molar-refractivity contribution < 1.29 is 28.2 Å². The summed E-state index contributed by atoms with van der Waals surface area (Å²) in [6, 6.07) is 6.32. The highest BCUT2D eigenvalue weighted by molar-refractivity contribution is 7.89. The van der Waals surface area contributed by atoms with Crippen LogP contribution in [0.5, 0.6) is 0 Å². The van der Waals surface area contributed by atoms with Gasteiger partial charge in [0.25, 0.3) is 15.9 Å². The summed E-state index contributed by atoms with van der Waals surface area (Å²) >= 11 is 1.06. The number of likely N-dealkylation sites (N-methyl/N-ethyl adjacent to an activating group) is 1. The summed E-state index contributed by atoms with van der Waals surface area (Å²) in [5, 5.41) is 22.0. The highest BCUT2D eigenvalue weighted by Gasteiger charge is 2.38. The number of aromatic nitrogens is 1. The fraction of sp³-hybridized carbons (Fsp3) is 0.188. The van der Waals surface area contributed by atoms with Gasteiger partial charge in [-0.25, -0.2) is 13.4 Å². The molecule has 11 heteroatoms. The number of hydrogen-bond acceptors (Lipinski definition) is 7. The smallest absolute Gasteiger partial charge is 0.303 e. The zero-order valence-electron chi connectivity index (χ0n) is 14.4. The number of hydrogen-bond donors (Lipinski definition) is 3. The molecule has 2 aromatic rings. The van der Waals surface area contributed by atoms with Gasteiger partial charge in [-0.05, 0) is 23.6 Å². The van der Waals surface area contributed by atoms with Gasteiger partial charge in [0.2, 0.25) is 0 Å². The van der Waals surface area contributed by atoms with E-state index in [-0.39, 0.29) is 33.5 Å². The molecule has 0 aromatic carbocycles. The summed E-state index contributed by atoms with van der Waals surface area (Å²) < 4.78 is 25.5. The van der Waals surface area contributed by atoms with Crippen LogP contribution in [0.4, 0.5) is 5.82 Å². The van der Waals surface area contributed by atoms with Crippen LogP contribution >= 0.6 is 11.3 Å². The Morgan fingerprint density at radius 3 is 2.52 bits per heavy atom. The molecule has 0 bridgehead atoms. The summed E-state index contributed by atoms with van der Waals surface area (Å²) in [4.78, 5) is 25.8. The van der Waals surface area contributed by atoms with Gasteiger partial charge in [0.05, 0.1) is 4.88 Å². The molecule has 0 aliphatic carbocycles. The minimum absolute atomic E-state index is 0.00751. The Bertz CT molecular complexity index is 983. The number of pyridine rings is 1. The van der Waals surface area contributed by atoms with Gasteiger partial charge >= 0.3 is 5.97 Å². The van der Waals surface area contributed by atoms with Gasteiger partial charge in [0, 0.05) is 19.7 Å². The summed E-state index contributed by atoms with van der Waals surface area (Å²) in [5.41, 5.74) is -0.333. The zero-order chi connectivity index (χ0) is 20.2. The quantitative estimate of drug-likeness (QED) is 0.703. The van der Waals surface area contributed by atoms with E-state index in [1.54, 1.807) is 30.5 Å². The highest BCUT2D eigenvalue weighted by atomic mass is 32.2. The zero-order valence-corrected chi connectivity index (χ0v) is 16.0. The lowest BCUT2D eigenvalue weighted by Crippen LogP contribution is -2.36. The molecular weight excluding hydrogens is 394 g/mol. The summed E-state index contributed by atoms with van der Waals surface area (Å²) in [5.74, 6) is -1.60. The largest absolute Gasteiger partial charge is 0.504 e. The number of nitrogens with one attached hydrogen (secondary N) is 1. The van der Waals surface area contributed by atoms with Crippen LogP contribution in [0.3, 0.4) is 0 Å². The lowest BCUT2D eigenvalue weighted by atomic mass is 10.3. The van der Waals surface area contributed by atoms with Crippen LogP contribution in [0.1, 0.15) is 18.2 Å². The third-order valence-corrected chi connectivity index (χ3v) is 6.30. The van der Waals surface area contributed by atoms with E-state index >= 15 is 0 Å². The second-order valence-electron chi connectivity index (χ2n) is 5.20. The van der Waals surface area contributed by atoms with E-state index in [4.69, 9.17) is 5.11 Å².